The Morgan fingerprint density at radius 3 is 1.74 bits per heavy atom. The lowest BCUT2D eigenvalue weighted by molar-refractivity contribution is 0.976. The fraction of sp³-hybridized carbons (Fsp3) is 0.0250. The van der Waals surface area contributed by atoms with Crippen LogP contribution < -0.4 is 5.32 Å². The van der Waals surface area contributed by atoms with Crippen LogP contribution in [0.2, 0.25) is 0 Å². The van der Waals surface area contributed by atoms with Gasteiger partial charge >= 0.3 is 0 Å². The molecule has 10 rings (SSSR count). The van der Waals surface area contributed by atoms with Crippen molar-refractivity contribution in [3.8, 4) is 55.6 Å². The van der Waals surface area contributed by atoms with Gasteiger partial charge in [0.25, 0.3) is 0 Å². The predicted molar refractivity (Wildman–Crippen MR) is 176 cm³/mol. The van der Waals surface area contributed by atoms with Crippen LogP contribution in [0.4, 0.5) is 0 Å². The van der Waals surface area contributed by atoms with Gasteiger partial charge in [0.1, 0.15) is 0 Å². The second-order valence-corrected chi connectivity index (χ2v) is 11.5. The summed E-state index contributed by atoms with van der Waals surface area (Å²) in [5.74, 6) is 0. The molecule has 0 atom stereocenters. The van der Waals surface area contributed by atoms with E-state index in [1.165, 1.54) is 99.1 Å². The van der Waals surface area contributed by atoms with Gasteiger partial charge < -0.3 is 5.32 Å². The van der Waals surface area contributed by atoms with Gasteiger partial charge in [-0.3, -0.25) is 4.98 Å². The Labute approximate surface area is 243 Å². The molecule has 1 N–H and O–H groups in total. The molecular weight excluding hydrogens is 508 g/mol. The van der Waals surface area contributed by atoms with Gasteiger partial charge in [-0.15, -0.1) is 0 Å². The van der Waals surface area contributed by atoms with Crippen LogP contribution in [0.25, 0.3) is 93.5 Å². The minimum absolute atomic E-state index is 0.822. The molecule has 0 bridgehead atoms. The Morgan fingerprint density at radius 1 is 0.524 bits per heavy atom. The Hall–Kier alpha value is -5.47. The summed E-state index contributed by atoms with van der Waals surface area (Å²) in [5.41, 5.74) is 15.8. The topological polar surface area (TPSA) is 24.9 Å². The Bertz CT molecular complexity index is 2360. The molecule has 42 heavy (non-hydrogen) atoms. The highest BCUT2D eigenvalue weighted by Crippen LogP contribution is 2.60. The molecule has 2 nitrogen and oxygen atoms in total. The van der Waals surface area contributed by atoms with E-state index in [2.05, 4.69) is 126 Å². The van der Waals surface area contributed by atoms with Crippen LogP contribution >= 0.6 is 0 Å². The number of benzene rings is 6. The third-order valence-electron chi connectivity index (χ3n) is 9.46. The van der Waals surface area contributed by atoms with E-state index < -0.39 is 0 Å². The van der Waals surface area contributed by atoms with Gasteiger partial charge in [-0.25, -0.2) is 0 Å². The number of rotatable bonds is 2. The standard InChI is InChI=1S/C40H24N2/c1-2-6-26-22-34-33(21-25(26)5-1)35(23-13-17-41-18-14-23)39-31-11-9-29-27-7-3-4-8-28(27)30-10-12-32(38(31)37(29)30)40(39)36(34)24-15-19-42-20-16-24/h1-19,21-22,42H,20H2. The Kier molecular flexibility index (Phi) is 4.27. The van der Waals surface area contributed by atoms with Crippen molar-refractivity contribution in [2.24, 2.45) is 0 Å². The zero-order chi connectivity index (χ0) is 27.4. The van der Waals surface area contributed by atoms with Crippen LogP contribution in [0.5, 0.6) is 0 Å². The number of aromatic nitrogens is 1. The Morgan fingerprint density at radius 2 is 1.10 bits per heavy atom. The largest absolute Gasteiger partial charge is 0.387 e. The second-order valence-electron chi connectivity index (χ2n) is 11.5. The molecule has 0 radical (unpaired) electrons. The number of nitrogens with zero attached hydrogens (tertiary/aromatic N) is 1. The quantitative estimate of drug-likeness (QED) is 0.224. The highest BCUT2D eigenvalue weighted by molar-refractivity contribution is 6.31. The zero-order valence-electron chi connectivity index (χ0n) is 22.8. The second kappa shape index (κ2) is 8.05. The van der Waals surface area contributed by atoms with Gasteiger partial charge in [-0.05, 0) is 136 Å². The fourth-order valence-electron chi connectivity index (χ4n) is 7.78. The number of hydrogen-bond acceptors (Lipinski definition) is 2. The lowest BCUT2D eigenvalue weighted by Crippen LogP contribution is -2.09. The third-order valence-corrected chi connectivity index (χ3v) is 9.46. The molecule has 0 unspecified atom stereocenters. The average molecular weight is 533 g/mol. The number of dihydropyridines is 1. The van der Waals surface area contributed by atoms with Crippen molar-refractivity contribution in [3.63, 3.8) is 0 Å². The fourth-order valence-corrected chi connectivity index (χ4v) is 7.78. The smallest absolute Gasteiger partial charge is 0.0334 e. The summed E-state index contributed by atoms with van der Waals surface area (Å²) in [5, 5.41) is 11.2. The van der Waals surface area contributed by atoms with Crippen molar-refractivity contribution < 1.29 is 0 Å². The summed E-state index contributed by atoms with van der Waals surface area (Å²) < 4.78 is 0. The molecule has 2 heteroatoms. The van der Waals surface area contributed by atoms with Crippen LogP contribution in [0.3, 0.4) is 0 Å². The summed E-state index contributed by atoms with van der Waals surface area (Å²) in [6, 6.07) is 36.2. The van der Waals surface area contributed by atoms with Gasteiger partial charge in [-0.1, -0.05) is 78.9 Å². The predicted octanol–water partition coefficient (Wildman–Crippen LogP) is 10.0. The molecule has 2 aliphatic carbocycles. The van der Waals surface area contributed by atoms with E-state index >= 15 is 0 Å². The van der Waals surface area contributed by atoms with Crippen LogP contribution in [-0.2, 0) is 0 Å². The lowest BCUT2D eigenvalue weighted by atomic mass is 9.81. The van der Waals surface area contributed by atoms with Gasteiger partial charge in [0.2, 0.25) is 0 Å². The lowest BCUT2D eigenvalue weighted by Gasteiger charge is -2.22. The van der Waals surface area contributed by atoms with Gasteiger partial charge in [0.05, 0.1) is 0 Å². The molecule has 6 aromatic carbocycles. The van der Waals surface area contributed by atoms with Gasteiger partial charge in [0.15, 0.2) is 0 Å². The molecule has 7 aromatic rings. The molecular formula is C40H24N2. The van der Waals surface area contributed by atoms with Gasteiger partial charge in [0, 0.05) is 18.9 Å². The molecule has 0 saturated heterocycles. The zero-order valence-corrected chi connectivity index (χ0v) is 22.8. The van der Waals surface area contributed by atoms with Crippen LogP contribution in [0, 0.1) is 0 Å². The molecule has 1 aromatic heterocycles. The van der Waals surface area contributed by atoms with E-state index in [0.29, 0.717) is 0 Å². The number of hydrogen-bond donors (Lipinski definition) is 1. The van der Waals surface area contributed by atoms with E-state index in [1.54, 1.807) is 0 Å². The number of allylic oxidation sites excluding steroid dienone is 2. The maximum atomic E-state index is 4.39. The van der Waals surface area contributed by atoms with Crippen LogP contribution in [0.15, 0.2) is 128 Å². The maximum absolute atomic E-state index is 4.39. The van der Waals surface area contributed by atoms with E-state index in [4.69, 9.17) is 0 Å². The molecule has 3 aliphatic rings. The van der Waals surface area contributed by atoms with Crippen LogP contribution in [0.1, 0.15) is 5.56 Å². The highest BCUT2D eigenvalue weighted by Gasteiger charge is 2.34. The highest BCUT2D eigenvalue weighted by atomic mass is 14.8. The molecule has 2 heterocycles. The minimum atomic E-state index is 0.822. The number of pyridine rings is 1. The van der Waals surface area contributed by atoms with Crippen molar-refractivity contribution in [1.82, 2.24) is 10.3 Å². The molecule has 1 aliphatic heterocycles. The first-order chi connectivity index (χ1) is 20.9. The normalized spacial score (nSPS) is 13.9. The van der Waals surface area contributed by atoms with E-state index in [-0.39, 0.29) is 0 Å². The molecule has 0 fully saturated rings. The van der Waals surface area contributed by atoms with Crippen molar-refractivity contribution in [3.05, 3.63) is 133 Å². The molecule has 194 valence electrons. The van der Waals surface area contributed by atoms with Gasteiger partial charge in [-0.2, -0.15) is 0 Å². The van der Waals surface area contributed by atoms with Crippen LogP contribution in [-0.4, -0.2) is 11.5 Å². The molecule has 0 spiro atoms. The van der Waals surface area contributed by atoms with E-state index in [0.717, 1.165) is 6.54 Å². The van der Waals surface area contributed by atoms with Crippen molar-refractivity contribution in [2.75, 3.05) is 6.54 Å². The van der Waals surface area contributed by atoms with E-state index in [9.17, 15) is 0 Å². The summed E-state index contributed by atoms with van der Waals surface area (Å²) in [6.07, 6.45) is 10.5. The van der Waals surface area contributed by atoms with Crippen molar-refractivity contribution in [1.29, 1.82) is 0 Å². The summed E-state index contributed by atoms with van der Waals surface area (Å²) in [4.78, 5) is 4.39. The molecule has 0 amide bonds. The first kappa shape index (κ1) is 22.2. The Balaban J connectivity index is 1.45. The maximum Gasteiger partial charge on any atom is 0.0334 e. The molecule has 0 saturated carbocycles. The third kappa shape index (κ3) is 2.76. The number of nitrogens with one attached hydrogen (secondary N) is 1. The summed E-state index contributed by atoms with van der Waals surface area (Å²) >= 11 is 0. The minimum Gasteiger partial charge on any atom is -0.387 e. The monoisotopic (exact) mass is 532 g/mol. The van der Waals surface area contributed by atoms with Crippen molar-refractivity contribution in [2.45, 2.75) is 0 Å². The summed E-state index contributed by atoms with van der Waals surface area (Å²) in [7, 11) is 0. The summed E-state index contributed by atoms with van der Waals surface area (Å²) in [6.45, 7) is 0.822. The first-order valence-corrected chi connectivity index (χ1v) is 14.6. The van der Waals surface area contributed by atoms with E-state index in [1.807, 2.05) is 12.4 Å². The SMILES string of the molecule is C1=CC(c2c3c(c(-c4ccncc4)c4cc5ccccc5cc24)-c2ccc4c5c(ccc-3c25)-c2ccccc2-4)=CCN1. The number of fused-ring (bicyclic) bond motifs is 8. The average Bonchev–Trinajstić information content (AvgIpc) is 3.56. The first-order valence-electron chi connectivity index (χ1n) is 14.6. The van der Waals surface area contributed by atoms with Crippen molar-refractivity contribution >= 4 is 37.9 Å².